The quantitative estimate of drug-likeness (QED) is 0.706. The van der Waals surface area contributed by atoms with E-state index in [1.54, 1.807) is 18.0 Å². The molecule has 0 aliphatic heterocycles. The minimum atomic E-state index is -0.00977. The Labute approximate surface area is 91.8 Å². The maximum atomic E-state index is 11.5. The van der Waals surface area contributed by atoms with Gasteiger partial charge in [0.2, 0.25) is 0 Å². The molecule has 1 atom stereocenters. The van der Waals surface area contributed by atoms with Crippen molar-refractivity contribution in [2.45, 2.75) is 19.3 Å². The van der Waals surface area contributed by atoms with Gasteiger partial charge in [-0.3, -0.25) is 0 Å². The van der Waals surface area contributed by atoms with E-state index in [1.807, 2.05) is 0 Å². The van der Waals surface area contributed by atoms with Crippen molar-refractivity contribution in [2.24, 2.45) is 5.92 Å². The summed E-state index contributed by atoms with van der Waals surface area (Å²) in [4.78, 5) is 13.2. The fourth-order valence-electron chi connectivity index (χ4n) is 1.68. The predicted molar refractivity (Wildman–Crippen MR) is 62.7 cm³/mol. The number of nitrogens with zero attached hydrogens (tertiary/aromatic N) is 1. The zero-order chi connectivity index (χ0) is 11.1. The number of hydrogen-bond donors (Lipinski definition) is 1. The van der Waals surface area contributed by atoms with E-state index in [4.69, 9.17) is 0 Å². The van der Waals surface area contributed by atoms with E-state index in [2.05, 4.69) is 24.0 Å². The third kappa shape index (κ3) is 4.19. The van der Waals surface area contributed by atoms with Gasteiger partial charge in [0.15, 0.2) is 0 Å². The van der Waals surface area contributed by atoms with Crippen molar-refractivity contribution in [2.75, 3.05) is 20.1 Å². The smallest absolute Gasteiger partial charge is 0.317 e. The molecule has 0 saturated heterocycles. The number of nitrogens with one attached hydrogen (secondary N) is 1. The third-order valence-electron chi connectivity index (χ3n) is 2.67. The van der Waals surface area contributed by atoms with E-state index in [9.17, 15) is 4.79 Å². The monoisotopic (exact) mass is 208 g/mol. The Kier molecular flexibility index (Phi) is 4.95. The van der Waals surface area contributed by atoms with Crippen molar-refractivity contribution in [3.8, 4) is 0 Å². The minimum Gasteiger partial charge on any atom is -0.338 e. The molecule has 0 bridgehead atoms. The van der Waals surface area contributed by atoms with Gasteiger partial charge in [-0.2, -0.15) is 0 Å². The van der Waals surface area contributed by atoms with Gasteiger partial charge in [0.05, 0.1) is 0 Å². The maximum absolute atomic E-state index is 11.5. The number of amides is 2. The second-order valence-corrected chi connectivity index (χ2v) is 4.01. The molecule has 0 aromatic rings. The Hall–Kier alpha value is -1.25. The first-order valence-electron chi connectivity index (χ1n) is 5.49. The normalized spacial score (nSPS) is 19.7. The second kappa shape index (κ2) is 6.27. The van der Waals surface area contributed by atoms with Crippen molar-refractivity contribution >= 4 is 6.03 Å². The van der Waals surface area contributed by atoms with Gasteiger partial charge < -0.3 is 10.2 Å². The molecule has 0 fully saturated rings. The Bertz CT molecular complexity index is 248. The van der Waals surface area contributed by atoms with E-state index >= 15 is 0 Å². The molecule has 0 saturated carbocycles. The SMILES string of the molecule is C=CCN(C)C(=O)NC[C@@H]1CC=CCC1. The molecule has 84 valence electrons. The first kappa shape index (κ1) is 11.8. The summed E-state index contributed by atoms with van der Waals surface area (Å²) in [5.41, 5.74) is 0. The standard InChI is InChI=1S/C12H20N2O/c1-3-9-14(2)12(15)13-10-11-7-5-4-6-8-11/h3-5,11H,1,6-10H2,2H3,(H,13,15)/t11-/m1/s1. The van der Waals surface area contributed by atoms with Gasteiger partial charge >= 0.3 is 6.03 Å². The summed E-state index contributed by atoms with van der Waals surface area (Å²) in [7, 11) is 1.78. The summed E-state index contributed by atoms with van der Waals surface area (Å²) in [5, 5.41) is 2.94. The Morgan fingerprint density at radius 3 is 3.07 bits per heavy atom. The number of urea groups is 1. The van der Waals surface area contributed by atoms with Crippen LogP contribution in [0.1, 0.15) is 19.3 Å². The van der Waals surface area contributed by atoms with Crippen LogP contribution in [0.2, 0.25) is 0 Å². The molecule has 0 aromatic heterocycles. The van der Waals surface area contributed by atoms with Crippen molar-refractivity contribution in [1.29, 1.82) is 0 Å². The van der Waals surface area contributed by atoms with Crippen LogP contribution >= 0.6 is 0 Å². The highest BCUT2D eigenvalue weighted by Crippen LogP contribution is 2.16. The lowest BCUT2D eigenvalue weighted by Gasteiger charge is -2.21. The average molecular weight is 208 g/mol. The van der Waals surface area contributed by atoms with E-state index < -0.39 is 0 Å². The van der Waals surface area contributed by atoms with E-state index in [-0.39, 0.29) is 6.03 Å². The first-order valence-corrected chi connectivity index (χ1v) is 5.49. The first-order chi connectivity index (χ1) is 7.24. The van der Waals surface area contributed by atoms with Crippen LogP contribution in [0, 0.1) is 5.92 Å². The van der Waals surface area contributed by atoms with Crippen LogP contribution in [-0.2, 0) is 0 Å². The average Bonchev–Trinajstić information content (AvgIpc) is 2.27. The number of carbonyl (C=O) groups excluding carboxylic acids is 1. The molecular formula is C12H20N2O. The Morgan fingerprint density at radius 1 is 1.67 bits per heavy atom. The van der Waals surface area contributed by atoms with Gasteiger partial charge in [0.1, 0.15) is 0 Å². The topological polar surface area (TPSA) is 32.3 Å². The molecule has 1 N–H and O–H groups in total. The highest BCUT2D eigenvalue weighted by molar-refractivity contribution is 5.73. The summed E-state index contributed by atoms with van der Waals surface area (Å²) < 4.78 is 0. The second-order valence-electron chi connectivity index (χ2n) is 4.01. The molecule has 1 aliphatic rings. The highest BCUT2D eigenvalue weighted by atomic mass is 16.2. The minimum absolute atomic E-state index is 0.00977. The summed E-state index contributed by atoms with van der Waals surface area (Å²) in [6, 6.07) is -0.00977. The summed E-state index contributed by atoms with van der Waals surface area (Å²) in [6.07, 6.45) is 9.55. The molecule has 0 unspecified atom stereocenters. The molecule has 15 heavy (non-hydrogen) atoms. The molecule has 0 heterocycles. The van der Waals surface area contributed by atoms with Crippen molar-refractivity contribution in [3.63, 3.8) is 0 Å². The molecule has 0 spiro atoms. The van der Waals surface area contributed by atoms with E-state index in [0.29, 0.717) is 12.5 Å². The number of allylic oxidation sites excluding steroid dienone is 2. The van der Waals surface area contributed by atoms with Gasteiger partial charge in [0.25, 0.3) is 0 Å². The van der Waals surface area contributed by atoms with Gasteiger partial charge in [0, 0.05) is 20.1 Å². The van der Waals surface area contributed by atoms with Gasteiger partial charge in [-0.05, 0) is 25.2 Å². The lowest BCUT2D eigenvalue weighted by Crippen LogP contribution is -2.39. The molecule has 1 rings (SSSR count). The zero-order valence-electron chi connectivity index (χ0n) is 9.41. The lowest BCUT2D eigenvalue weighted by molar-refractivity contribution is 0.210. The number of rotatable bonds is 4. The highest BCUT2D eigenvalue weighted by Gasteiger charge is 2.12. The van der Waals surface area contributed by atoms with Gasteiger partial charge in [-0.1, -0.05) is 18.2 Å². The largest absolute Gasteiger partial charge is 0.338 e. The fraction of sp³-hybridized carbons (Fsp3) is 0.583. The predicted octanol–water partition coefficient (Wildman–Crippen LogP) is 2.17. The van der Waals surface area contributed by atoms with Crippen molar-refractivity contribution in [3.05, 3.63) is 24.8 Å². The van der Waals surface area contributed by atoms with Crippen LogP contribution in [0.5, 0.6) is 0 Å². The maximum Gasteiger partial charge on any atom is 0.317 e. The fourth-order valence-corrected chi connectivity index (χ4v) is 1.68. The van der Waals surface area contributed by atoms with Crippen molar-refractivity contribution in [1.82, 2.24) is 10.2 Å². The van der Waals surface area contributed by atoms with Crippen LogP contribution in [0.15, 0.2) is 24.8 Å². The van der Waals surface area contributed by atoms with Crippen LogP contribution < -0.4 is 5.32 Å². The molecule has 3 heteroatoms. The van der Waals surface area contributed by atoms with Crippen LogP contribution in [0.4, 0.5) is 4.79 Å². The summed E-state index contributed by atoms with van der Waals surface area (Å²) in [6.45, 7) is 4.98. The molecular weight excluding hydrogens is 188 g/mol. The molecule has 1 aliphatic carbocycles. The van der Waals surface area contributed by atoms with Crippen LogP contribution in [0.25, 0.3) is 0 Å². The van der Waals surface area contributed by atoms with Gasteiger partial charge in [-0.15, -0.1) is 6.58 Å². The number of likely N-dealkylation sites (N-methyl/N-ethyl adjacent to an activating group) is 1. The molecule has 0 aromatic carbocycles. The number of hydrogen-bond acceptors (Lipinski definition) is 1. The summed E-state index contributed by atoms with van der Waals surface area (Å²) >= 11 is 0. The molecule has 2 amide bonds. The zero-order valence-corrected chi connectivity index (χ0v) is 9.41. The van der Waals surface area contributed by atoms with Crippen LogP contribution in [-0.4, -0.2) is 31.1 Å². The molecule has 3 nitrogen and oxygen atoms in total. The number of carbonyl (C=O) groups is 1. The lowest BCUT2D eigenvalue weighted by atomic mass is 9.94. The third-order valence-corrected chi connectivity index (χ3v) is 2.67. The van der Waals surface area contributed by atoms with E-state index in [0.717, 1.165) is 19.4 Å². The Morgan fingerprint density at radius 2 is 2.47 bits per heavy atom. The van der Waals surface area contributed by atoms with Crippen LogP contribution in [0.3, 0.4) is 0 Å². The van der Waals surface area contributed by atoms with Gasteiger partial charge in [-0.25, -0.2) is 4.79 Å². The molecule has 0 radical (unpaired) electrons. The summed E-state index contributed by atoms with van der Waals surface area (Å²) in [5.74, 6) is 0.607. The Balaban J connectivity index is 2.21. The van der Waals surface area contributed by atoms with E-state index in [1.165, 1.54) is 6.42 Å². The van der Waals surface area contributed by atoms with Crippen molar-refractivity contribution < 1.29 is 4.79 Å².